The maximum atomic E-state index is 13.3. The van der Waals surface area contributed by atoms with Crippen molar-refractivity contribution in [3.05, 3.63) is 59.7 Å². The van der Waals surface area contributed by atoms with Gasteiger partial charge >= 0.3 is 0 Å². The second kappa shape index (κ2) is 8.27. The molecule has 2 aromatic carbocycles. The first kappa shape index (κ1) is 18.9. The van der Waals surface area contributed by atoms with Crippen molar-refractivity contribution in [2.75, 3.05) is 36.4 Å². The number of benzene rings is 2. The van der Waals surface area contributed by atoms with E-state index in [2.05, 4.69) is 15.1 Å². The summed E-state index contributed by atoms with van der Waals surface area (Å²) in [5.74, 6) is -2.45. The molecule has 1 N–H and O–H groups in total. The quantitative estimate of drug-likeness (QED) is 0.853. The lowest BCUT2D eigenvalue weighted by Crippen LogP contribution is -2.49. The van der Waals surface area contributed by atoms with Gasteiger partial charge in [-0.05, 0) is 55.3 Å². The number of piperazine rings is 1. The zero-order valence-electron chi connectivity index (χ0n) is 15.8. The van der Waals surface area contributed by atoms with Crippen LogP contribution in [-0.2, 0) is 0 Å². The van der Waals surface area contributed by atoms with Crippen molar-refractivity contribution in [2.45, 2.75) is 31.7 Å². The molecule has 0 bridgehead atoms. The number of anilines is 2. The van der Waals surface area contributed by atoms with Crippen molar-refractivity contribution in [1.82, 2.24) is 4.90 Å². The van der Waals surface area contributed by atoms with E-state index < -0.39 is 17.5 Å². The first-order valence-corrected chi connectivity index (χ1v) is 9.95. The van der Waals surface area contributed by atoms with Crippen LogP contribution in [0.4, 0.5) is 20.2 Å². The summed E-state index contributed by atoms with van der Waals surface area (Å²) >= 11 is 0. The minimum absolute atomic E-state index is 0.0889. The Kier molecular flexibility index (Phi) is 5.57. The minimum atomic E-state index is -1.03. The van der Waals surface area contributed by atoms with Crippen molar-refractivity contribution in [1.29, 1.82) is 0 Å². The fourth-order valence-electron chi connectivity index (χ4n) is 4.21. The van der Waals surface area contributed by atoms with E-state index in [1.165, 1.54) is 31.7 Å². The molecule has 1 aliphatic carbocycles. The lowest BCUT2D eigenvalue weighted by molar-refractivity contribution is 0.102. The highest BCUT2D eigenvalue weighted by molar-refractivity contribution is 6.04. The number of carbonyl (C=O) groups is 1. The number of carbonyl (C=O) groups excluding carboxylic acids is 1. The highest BCUT2D eigenvalue weighted by Gasteiger charge is 2.26. The Morgan fingerprint density at radius 3 is 2.21 bits per heavy atom. The molecule has 148 valence electrons. The van der Waals surface area contributed by atoms with Crippen LogP contribution in [0.25, 0.3) is 0 Å². The first-order chi connectivity index (χ1) is 13.6. The van der Waals surface area contributed by atoms with Gasteiger partial charge in [-0.1, -0.05) is 12.8 Å². The van der Waals surface area contributed by atoms with Gasteiger partial charge in [-0.2, -0.15) is 0 Å². The van der Waals surface area contributed by atoms with Crippen molar-refractivity contribution in [3.63, 3.8) is 0 Å². The van der Waals surface area contributed by atoms with E-state index >= 15 is 0 Å². The molecule has 1 amide bonds. The van der Waals surface area contributed by atoms with Gasteiger partial charge in [-0.15, -0.1) is 0 Å². The third-order valence-corrected chi connectivity index (χ3v) is 5.83. The highest BCUT2D eigenvalue weighted by atomic mass is 19.2. The molecule has 1 aliphatic heterocycles. The normalized spacial score (nSPS) is 18.4. The summed E-state index contributed by atoms with van der Waals surface area (Å²) in [5, 5.41) is 2.72. The lowest BCUT2D eigenvalue weighted by atomic mass is 10.1. The molecule has 4 nitrogen and oxygen atoms in total. The minimum Gasteiger partial charge on any atom is -0.369 e. The van der Waals surface area contributed by atoms with E-state index in [1.807, 2.05) is 24.3 Å². The molecule has 2 aliphatic rings. The van der Waals surface area contributed by atoms with Crippen LogP contribution >= 0.6 is 0 Å². The first-order valence-electron chi connectivity index (χ1n) is 9.95. The van der Waals surface area contributed by atoms with Gasteiger partial charge in [0, 0.05) is 49.2 Å². The van der Waals surface area contributed by atoms with Crippen molar-refractivity contribution < 1.29 is 13.6 Å². The lowest BCUT2D eigenvalue weighted by Gasteiger charge is -2.39. The molecule has 1 saturated heterocycles. The molecular formula is C22H25F2N3O. The Hall–Kier alpha value is -2.47. The van der Waals surface area contributed by atoms with Gasteiger partial charge in [0.1, 0.15) is 0 Å². The summed E-state index contributed by atoms with van der Waals surface area (Å²) in [6.07, 6.45) is 5.41. The van der Waals surface area contributed by atoms with E-state index in [9.17, 15) is 13.6 Å². The number of nitrogens with one attached hydrogen (secondary N) is 1. The van der Waals surface area contributed by atoms with Crippen LogP contribution in [0.2, 0.25) is 0 Å². The summed E-state index contributed by atoms with van der Waals surface area (Å²) in [4.78, 5) is 17.2. The number of amides is 1. The molecule has 28 heavy (non-hydrogen) atoms. The summed E-state index contributed by atoms with van der Waals surface area (Å²) in [6.45, 7) is 4.21. The van der Waals surface area contributed by atoms with Crippen LogP contribution in [-0.4, -0.2) is 43.0 Å². The van der Waals surface area contributed by atoms with E-state index in [4.69, 9.17) is 0 Å². The zero-order chi connectivity index (χ0) is 19.5. The second-order valence-corrected chi connectivity index (χ2v) is 7.59. The SMILES string of the molecule is O=C(Nc1ccc(N2CCN(C3CCCC3)CC2)cc1)c1ccc(F)c(F)c1. The van der Waals surface area contributed by atoms with E-state index in [1.54, 1.807) is 0 Å². The smallest absolute Gasteiger partial charge is 0.255 e. The molecule has 1 saturated carbocycles. The Labute approximate surface area is 164 Å². The average molecular weight is 385 g/mol. The number of hydrogen-bond acceptors (Lipinski definition) is 3. The molecule has 2 fully saturated rings. The molecule has 4 rings (SSSR count). The van der Waals surface area contributed by atoms with Gasteiger partial charge in [-0.3, -0.25) is 9.69 Å². The zero-order valence-corrected chi connectivity index (χ0v) is 15.8. The maximum absolute atomic E-state index is 13.3. The number of hydrogen-bond donors (Lipinski definition) is 1. The van der Waals surface area contributed by atoms with E-state index in [0.29, 0.717) is 5.69 Å². The molecule has 6 heteroatoms. The van der Waals surface area contributed by atoms with Gasteiger partial charge in [0.2, 0.25) is 0 Å². The van der Waals surface area contributed by atoms with Crippen LogP contribution in [0, 0.1) is 11.6 Å². The van der Waals surface area contributed by atoms with Gasteiger partial charge in [0.25, 0.3) is 5.91 Å². The molecular weight excluding hydrogens is 360 g/mol. The summed E-state index contributed by atoms with van der Waals surface area (Å²) in [6, 6.07) is 11.6. The highest BCUT2D eigenvalue weighted by Crippen LogP contribution is 2.26. The predicted octanol–water partition coefficient (Wildman–Crippen LogP) is 4.28. The molecule has 0 radical (unpaired) electrons. The molecule has 0 aromatic heterocycles. The fourth-order valence-corrected chi connectivity index (χ4v) is 4.21. The third kappa shape index (κ3) is 4.17. The van der Waals surface area contributed by atoms with Crippen LogP contribution in [0.1, 0.15) is 36.0 Å². The van der Waals surface area contributed by atoms with Gasteiger partial charge < -0.3 is 10.2 Å². The van der Waals surface area contributed by atoms with Crippen LogP contribution in [0.5, 0.6) is 0 Å². The monoisotopic (exact) mass is 385 g/mol. The number of halogens is 2. The molecule has 2 aromatic rings. The number of nitrogens with zero attached hydrogens (tertiary/aromatic N) is 2. The topological polar surface area (TPSA) is 35.6 Å². The largest absolute Gasteiger partial charge is 0.369 e. The Bertz CT molecular complexity index is 826. The molecule has 1 heterocycles. The average Bonchev–Trinajstić information content (AvgIpc) is 3.26. The van der Waals surface area contributed by atoms with Gasteiger partial charge in [0.15, 0.2) is 11.6 Å². The van der Waals surface area contributed by atoms with Gasteiger partial charge in [-0.25, -0.2) is 8.78 Å². The summed E-state index contributed by atoms with van der Waals surface area (Å²) in [7, 11) is 0. The van der Waals surface area contributed by atoms with E-state index in [0.717, 1.165) is 50.0 Å². The van der Waals surface area contributed by atoms with E-state index in [-0.39, 0.29) is 5.56 Å². The number of rotatable bonds is 4. The predicted molar refractivity (Wildman–Crippen MR) is 107 cm³/mol. The van der Waals surface area contributed by atoms with Crippen molar-refractivity contribution in [3.8, 4) is 0 Å². The summed E-state index contributed by atoms with van der Waals surface area (Å²) < 4.78 is 26.3. The fraction of sp³-hybridized carbons (Fsp3) is 0.409. The molecule has 0 unspecified atom stereocenters. The van der Waals surface area contributed by atoms with Crippen LogP contribution in [0.15, 0.2) is 42.5 Å². The standard InChI is InChI=1S/C22H25F2N3O/c23-20-10-5-16(15-21(20)24)22(28)25-17-6-8-19(9-7-17)27-13-11-26(12-14-27)18-3-1-2-4-18/h5-10,15,18H,1-4,11-14H2,(H,25,28). The Balaban J connectivity index is 1.33. The summed E-state index contributed by atoms with van der Waals surface area (Å²) in [5.41, 5.74) is 1.85. The Morgan fingerprint density at radius 2 is 1.57 bits per heavy atom. The molecule has 0 spiro atoms. The Morgan fingerprint density at radius 1 is 0.893 bits per heavy atom. The third-order valence-electron chi connectivity index (χ3n) is 5.83. The maximum Gasteiger partial charge on any atom is 0.255 e. The van der Waals surface area contributed by atoms with Crippen molar-refractivity contribution in [2.24, 2.45) is 0 Å². The van der Waals surface area contributed by atoms with Crippen LogP contribution in [0.3, 0.4) is 0 Å². The van der Waals surface area contributed by atoms with Gasteiger partial charge in [0.05, 0.1) is 0 Å². The van der Waals surface area contributed by atoms with Crippen LogP contribution < -0.4 is 10.2 Å². The van der Waals surface area contributed by atoms with Crippen molar-refractivity contribution >= 4 is 17.3 Å². The molecule has 0 atom stereocenters. The second-order valence-electron chi connectivity index (χ2n) is 7.59.